The van der Waals surface area contributed by atoms with Gasteiger partial charge in [-0.15, -0.1) is 0 Å². The van der Waals surface area contributed by atoms with Gasteiger partial charge in [-0.2, -0.15) is 0 Å². The molecule has 1 aliphatic heterocycles. The molecular weight excluding hydrogens is 230 g/mol. The molecule has 1 heterocycles. The monoisotopic (exact) mass is 255 g/mol. The van der Waals surface area contributed by atoms with Gasteiger partial charge in [0.25, 0.3) is 0 Å². The first-order valence-electron chi connectivity index (χ1n) is 7.83. The van der Waals surface area contributed by atoms with Crippen LogP contribution in [0.1, 0.15) is 31.2 Å². The Hall–Kier alpha value is -1.08. The average molecular weight is 255 g/mol. The summed E-state index contributed by atoms with van der Waals surface area (Å²) >= 11 is 0. The molecule has 0 spiro atoms. The van der Waals surface area contributed by atoms with E-state index in [1.165, 1.54) is 50.8 Å². The van der Waals surface area contributed by atoms with Crippen molar-refractivity contribution < 1.29 is 0 Å². The highest BCUT2D eigenvalue weighted by molar-refractivity contribution is 5.16. The van der Waals surface area contributed by atoms with Gasteiger partial charge in [-0.05, 0) is 68.5 Å². The highest BCUT2D eigenvalue weighted by Crippen LogP contribution is 2.36. The third kappa shape index (κ3) is 3.27. The van der Waals surface area contributed by atoms with Crippen molar-refractivity contribution in [2.75, 3.05) is 13.1 Å². The lowest BCUT2D eigenvalue weighted by Crippen LogP contribution is -2.41. The van der Waals surface area contributed by atoms with Gasteiger partial charge in [0.2, 0.25) is 0 Å². The van der Waals surface area contributed by atoms with Gasteiger partial charge in [-0.1, -0.05) is 42.5 Å². The lowest BCUT2D eigenvalue weighted by Gasteiger charge is -2.38. The van der Waals surface area contributed by atoms with E-state index in [1.54, 1.807) is 0 Å². The molecule has 2 aliphatic rings. The van der Waals surface area contributed by atoms with Crippen molar-refractivity contribution in [3.8, 4) is 0 Å². The molecule has 19 heavy (non-hydrogen) atoms. The number of hydrogen-bond donors (Lipinski definition) is 1. The number of nitrogens with one attached hydrogen (secondary N) is 1. The molecule has 1 N–H and O–H groups in total. The summed E-state index contributed by atoms with van der Waals surface area (Å²) in [7, 11) is 0. The Morgan fingerprint density at radius 2 is 1.95 bits per heavy atom. The van der Waals surface area contributed by atoms with E-state index in [2.05, 4.69) is 47.8 Å². The molecule has 1 heteroatoms. The quantitative estimate of drug-likeness (QED) is 0.810. The van der Waals surface area contributed by atoms with Gasteiger partial charge >= 0.3 is 0 Å². The van der Waals surface area contributed by atoms with E-state index >= 15 is 0 Å². The summed E-state index contributed by atoms with van der Waals surface area (Å²) in [4.78, 5) is 0. The SMILES string of the molecule is C1=CCC(C2CCNCC2Cc2ccccc2)CC1. The summed E-state index contributed by atoms with van der Waals surface area (Å²) in [6.07, 6.45) is 11.4. The fraction of sp³-hybridized carbons (Fsp3) is 0.556. The molecule has 0 bridgehead atoms. The predicted octanol–water partition coefficient (Wildman–Crippen LogP) is 3.81. The molecule has 0 aromatic heterocycles. The average Bonchev–Trinajstić information content (AvgIpc) is 2.50. The van der Waals surface area contributed by atoms with E-state index in [1.807, 2.05) is 0 Å². The second kappa shape index (κ2) is 6.38. The lowest BCUT2D eigenvalue weighted by atomic mass is 9.71. The van der Waals surface area contributed by atoms with Gasteiger partial charge in [0.1, 0.15) is 0 Å². The van der Waals surface area contributed by atoms with Gasteiger partial charge in [-0.25, -0.2) is 0 Å². The van der Waals surface area contributed by atoms with E-state index in [9.17, 15) is 0 Å². The first-order chi connectivity index (χ1) is 9.43. The maximum Gasteiger partial charge on any atom is -0.00146 e. The van der Waals surface area contributed by atoms with Crippen molar-refractivity contribution in [3.05, 3.63) is 48.0 Å². The Labute approximate surface area is 117 Å². The predicted molar refractivity (Wildman–Crippen MR) is 81.1 cm³/mol. The van der Waals surface area contributed by atoms with Crippen LogP contribution < -0.4 is 5.32 Å². The van der Waals surface area contributed by atoms with Crippen molar-refractivity contribution in [1.29, 1.82) is 0 Å². The normalized spacial score (nSPS) is 31.3. The third-order valence-corrected chi connectivity index (χ3v) is 4.92. The van der Waals surface area contributed by atoms with Crippen LogP contribution in [-0.2, 0) is 6.42 Å². The molecule has 1 aromatic carbocycles. The molecule has 1 nitrogen and oxygen atoms in total. The molecule has 0 radical (unpaired) electrons. The summed E-state index contributed by atoms with van der Waals surface area (Å²) in [6.45, 7) is 2.43. The van der Waals surface area contributed by atoms with Crippen molar-refractivity contribution in [2.24, 2.45) is 17.8 Å². The molecule has 3 rings (SSSR count). The Balaban J connectivity index is 1.68. The number of allylic oxidation sites excluding steroid dienone is 2. The van der Waals surface area contributed by atoms with Crippen LogP contribution in [0.2, 0.25) is 0 Å². The van der Waals surface area contributed by atoms with Gasteiger partial charge in [-0.3, -0.25) is 0 Å². The molecule has 1 saturated heterocycles. The van der Waals surface area contributed by atoms with E-state index in [4.69, 9.17) is 0 Å². The number of piperidine rings is 1. The molecule has 0 saturated carbocycles. The molecule has 3 atom stereocenters. The fourth-order valence-electron chi connectivity index (χ4n) is 3.91. The van der Waals surface area contributed by atoms with Crippen LogP contribution in [-0.4, -0.2) is 13.1 Å². The molecule has 1 aliphatic carbocycles. The molecule has 1 aromatic rings. The summed E-state index contributed by atoms with van der Waals surface area (Å²) < 4.78 is 0. The molecule has 1 fully saturated rings. The second-order valence-corrected chi connectivity index (χ2v) is 6.15. The van der Waals surface area contributed by atoms with Crippen LogP contribution in [0.15, 0.2) is 42.5 Å². The van der Waals surface area contributed by atoms with Gasteiger partial charge in [0.05, 0.1) is 0 Å². The Kier molecular flexibility index (Phi) is 4.34. The maximum atomic E-state index is 3.61. The molecule has 102 valence electrons. The van der Waals surface area contributed by atoms with E-state index in [-0.39, 0.29) is 0 Å². The minimum Gasteiger partial charge on any atom is -0.316 e. The zero-order valence-corrected chi connectivity index (χ0v) is 11.7. The van der Waals surface area contributed by atoms with Gasteiger partial charge < -0.3 is 5.32 Å². The van der Waals surface area contributed by atoms with Crippen LogP contribution in [0.5, 0.6) is 0 Å². The minimum absolute atomic E-state index is 0.827. The van der Waals surface area contributed by atoms with Crippen molar-refractivity contribution in [1.82, 2.24) is 5.32 Å². The zero-order chi connectivity index (χ0) is 12.9. The standard InChI is InChI=1S/C18H25N/c1-3-7-15(8-4-1)13-17-14-19-12-11-18(17)16-9-5-2-6-10-16/h1-5,7-8,16-19H,6,9-14H2. The Morgan fingerprint density at radius 1 is 1.05 bits per heavy atom. The minimum atomic E-state index is 0.827. The van der Waals surface area contributed by atoms with E-state index in [0.29, 0.717) is 0 Å². The van der Waals surface area contributed by atoms with Crippen molar-refractivity contribution in [2.45, 2.75) is 32.1 Å². The number of benzene rings is 1. The fourth-order valence-corrected chi connectivity index (χ4v) is 3.91. The van der Waals surface area contributed by atoms with Crippen LogP contribution in [0.4, 0.5) is 0 Å². The summed E-state index contributed by atoms with van der Waals surface area (Å²) in [5.41, 5.74) is 1.51. The van der Waals surface area contributed by atoms with Gasteiger partial charge in [0.15, 0.2) is 0 Å². The van der Waals surface area contributed by atoms with Gasteiger partial charge in [0, 0.05) is 0 Å². The lowest BCUT2D eigenvalue weighted by molar-refractivity contribution is 0.163. The smallest absolute Gasteiger partial charge is 0.00146 e. The first-order valence-corrected chi connectivity index (χ1v) is 7.83. The number of hydrogen-bond acceptors (Lipinski definition) is 1. The summed E-state index contributed by atoms with van der Waals surface area (Å²) in [5, 5.41) is 3.61. The Morgan fingerprint density at radius 3 is 2.74 bits per heavy atom. The highest BCUT2D eigenvalue weighted by atomic mass is 14.9. The van der Waals surface area contributed by atoms with Crippen LogP contribution in [0.25, 0.3) is 0 Å². The largest absolute Gasteiger partial charge is 0.316 e. The third-order valence-electron chi connectivity index (χ3n) is 4.92. The zero-order valence-electron chi connectivity index (χ0n) is 11.7. The molecule has 0 amide bonds. The highest BCUT2D eigenvalue weighted by Gasteiger charge is 2.31. The van der Waals surface area contributed by atoms with Crippen LogP contribution in [0, 0.1) is 17.8 Å². The van der Waals surface area contributed by atoms with Crippen LogP contribution >= 0.6 is 0 Å². The summed E-state index contributed by atoms with van der Waals surface area (Å²) in [5.74, 6) is 2.68. The Bertz CT molecular complexity index is 409. The van der Waals surface area contributed by atoms with Crippen molar-refractivity contribution >= 4 is 0 Å². The van der Waals surface area contributed by atoms with E-state index in [0.717, 1.165) is 17.8 Å². The number of rotatable bonds is 3. The van der Waals surface area contributed by atoms with Crippen molar-refractivity contribution in [3.63, 3.8) is 0 Å². The topological polar surface area (TPSA) is 12.0 Å². The van der Waals surface area contributed by atoms with Crippen LogP contribution in [0.3, 0.4) is 0 Å². The van der Waals surface area contributed by atoms with E-state index < -0.39 is 0 Å². The summed E-state index contributed by atoms with van der Waals surface area (Å²) in [6, 6.07) is 11.0. The first kappa shape index (κ1) is 12.9. The maximum absolute atomic E-state index is 3.61. The molecular formula is C18H25N. The second-order valence-electron chi connectivity index (χ2n) is 6.15. The molecule has 3 unspecified atom stereocenters.